The van der Waals surface area contributed by atoms with Crippen LogP contribution in [0, 0.1) is 12.8 Å². The van der Waals surface area contributed by atoms with Gasteiger partial charge in [0.2, 0.25) is 0 Å². The van der Waals surface area contributed by atoms with E-state index in [1.165, 1.54) is 18.4 Å². The second-order valence-electron chi connectivity index (χ2n) is 7.26. The first-order valence-electron chi connectivity index (χ1n) is 8.49. The quantitative estimate of drug-likeness (QED) is 0.754. The molecule has 7 heteroatoms. The summed E-state index contributed by atoms with van der Waals surface area (Å²) in [5.74, 6) is 0.571. The average Bonchev–Trinajstić information content (AvgIpc) is 2.92. The molecular formula is C18H27NO5S. The largest absolute Gasteiger partial charge is 0.491 e. The third-order valence-corrected chi connectivity index (χ3v) is 4.94. The Labute approximate surface area is 153 Å². The molecule has 140 valence electrons. The summed E-state index contributed by atoms with van der Waals surface area (Å²) in [6.45, 7) is 9.39. The molecule has 2 rings (SSSR count). The van der Waals surface area contributed by atoms with Gasteiger partial charge in [0.25, 0.3) is 0 Å². The number of thiophene rings is 1. The molecule has 2 heterocycles. The van der Waals surface area contributed by atoms with Gasteiger partial charge in [-0.15, -0.1) is 11.3 Å². The van der Waals surface area contributed by atoms with Gasteiger partial charge >= 0.3 is 12.1 Å². The number of carbonyl (C=O) groups is 2. The van der Waals surface area contributed by atoms with Gasteiger partial charge in [-0.3, -0.25) is 0 Å². The number of piperidine rings is 1. The fraction of sp³-hybridized carbons (Fsp3) is 0.667. The number of methoxy groups -OCH3 is 1. The number of rotatable bonds is 4. The number of ether oxygens (including phenoxy) is 3. The third-order valence-electron chi connectivity index (χ3n) is 3.93. The maximum Gasteiger partial charge on any atom is 0.410 e. The molecule has 1 aromatic rings. The summed E-state index contributed by atoms with van der Waals surface area (Å²) in [5, 5.41) is 0. The molecule has 1 fully saturated rings. The first-order valence-corrected chi connectivity index (χ1v) is 9.30. The molecule has 0 N–H and O–H groups in total. The Hall–Kier alpha value is -1.76. The Balaban J connectivity index is 1.83. The van der Waals surface area contributed by atoms with Crippen LogP contribution in [0.25, 0.3) is 0 Å². The molecule has 0 bridgehead atoms. The van der Waals surface area contributed by atoms with E-state index in [9.17, 15) is 9.59 Å². The fourth-order valence-electron chi connectivity index (χ4n) is 2.65. The highest BCUT2D eigenvalue weighted by Crippen LogP contribution is 2.30. The molecule has 1 aliphatic heterocycles. The van der Waals surface area contributed by atoms with Crippen molar-refractivity contribution in [3.8, 4) is 5.75 Å². The number of aryl methyl sites for hydroxylation is 1. The molecule has 0 aromatic carbocycles. The van der Waals surface area contributed by atoms with Crippen LogP contribution in [0.2, 0.25) is 0 Å². The molecule has 1 aromatic heterocycles. The second kappa shape index (κ2) is 8.08. The lowest BCUT2D eigenvalue weighted by molar-refractivity contribution is 0.0164. The van der Waals surface area contributed by atoms with E-state index in [0.717, 1.165) is 17.7 Å². The third kappa shape index (κ3) is 5.63. The minimum Gasteiger partial charge on any atom is -0.491 e. The highest BCUT2D eigenvalue weighted by Gasteiger charge is 2.27. The Morgan fingerprint density at radius 3 is 2.48 bits per heavy atom. The SMILES string of the molecule is COC(=O)c1sc(C)cc1OCC1CCN(C(=O)OC(C)(C)C)CC1. The van der Waals surface area contributed by atoms with Crippen LogP contribution in [-0.2, 0) is 9.47 Å². The van der Waals surface area contributed by atoms with E-state index in [-0.39, 0.29) is 12.1 Å². The van der Waals surface area contributed by atoms with E-state index >= 15 is 0 Å². The van der Waals surface area contributed by atoms with Crippen LogP contribution in [0.15, 0.2) is 6.07 Å². The normalized spacial score (nSPS) is 15.8. The fourth-order valence-corrected chi connectivity index (χ4v) is 3.52. The van der Waals surface area contributed by atoms with Crippen molar-refractivity contribution < 1.29 is 23.8 Å². The number of nitrogens with zero attached hydrogens (tertiary/aromatic N) is 1. The van der Waals surface area contributed by atoms with Crippen molar-refractivity contribution in [3.05, 3.63) is 15.8 Å². The van der Waals surface area contributed by atoms with Crippen LogP contribution in [0.4, 0.5) is 4.79 Å². The zero-order chi connectivity index (χ0) is 18.6. The van der Waals surface area contributed by atoms with Crippen molar-refractivity contribution in [2.24, 2.45) is 5.92 Å². The zero-order valence-corrected chi connectivity index (χ0v) is 16.4. The van der Waals surface area contributed by atoms with Crippen molar-refractivity contribution in [2.75, 3.05) is 26.8 Å². The summed E-state index contributed by atoms with van der Waals surface area (Å²) < 4.78 is 16.1. The van der Waals surface area contributed by atoms with Crippen molar-refractivity contribution in [3.63, 3.8) is 0 Å². The Morgan fingerprint density at radius 2 is 1.92 bits per heavy atom. The second-order valence-corrected chi connectivity index (χ2v) is 8.52. The number of likely N-dealkylation sites (tertiary alicyclic amines) is 1. The molecule has 6 nitrogen and oxygen atoms in total. The topological polar surface area (TPSA) is 65.1 Å². The number of hydrogen-bond acceptors (Lipinski definition) is 6. The molecule has 1 aliphatic rings. The summed E-state index contributed by atoms with van der Waals surface area (Å²) >= 11 is 1.37. The smallest absolute Gasteiger partial charge is 0.410 e. The maximum absolute atomic E-state index is 12.1. The minimum absolute atomic E-state index is 0.256. The molecule has 0 atom stereocenters. The molecule has 1 amide bonds. The predicted octanol–water partition coefficient (Wildman–Crippen LogP) is 3.87. The minimum atomic E-state index is -0.474. The van der Waals surface area contributed by atoms with Gasteiger partial charge in [-0.25, -0.2) is 9.59 Å². The highest BCUT2D eigenvalue weighted by atomic mass is 32.1. The number of amides is 1. The van der Waals surface area contributed by atoms with E-state index in [1.54, 1.807) is 4.90 Å². The van der Waals surface area contributed by atoms with Crippen LogP contribution in [0.5, 0.6) is 5.75 Å². The summed E-state index contributed by atoms with van der Waals surface area (Å²) in [7, 11) is 1.37. The predicted molar refractivity (Wildman–Crippen MR) is 96.4 cm³/mol. The Kier molecular flexibility index (Phi) is 6.32. The number of esters is 1. The van der Waals surface area contributed by atoms with Crippen molar-refractivity contribution in [2.45, 2.75) is 46.1 Å². The van der Waals surface area contributed by atoms with E-state index in [2.05, 4.69) is 0 Å². The molecule has 0 unspecified atom stereocenters. The van der Waals surface area contributed by atoms with Gasteiger partial charge in [0.1, 0.15) is 11.4 Å². The van der Waals surface area contributed by atoms with Crippen LogP contribution in [0.1, 0.15) is 48.2 Å². The summed E-state index contributed by atoms with van der Waals surface area (Å²) in [6.07, 6.45) is 1.46. The monoisotopic (exact) mass is 369 g/mol. The summed E-state index contributed by atoms with van der Waals surface area (Å²) in [4.78, 5) is 27.1. The van der Waals surface area contributed by atoms with E-state index in [0.29, 0.717) is 36.2 Å². The van der Waals surface area contributed by atoms with Gasteiger partial charge in [-0.2, -0.15) is 0 Å². The van der Waals surface area contributed by atoms with Crippen LogP contribution >= 0.6 is 11.3 Å². The molecule has 25 heavy (non-hydrogen) atoms. The van der Waals surface area contributed by atoms with Crippen LogP contribution < -0.4 is 4.74 Å². The standard InChI is InChI=1S/C18H27NO5S/c1-12-10-14(15(25-12)16(20)22-5)23-11-13-6-8-19(9-7-13)17(21)24-18(2,3)4/h10,13H,6-9,11H2,1-5H3. The van der Waals surface area contributed by atoms with Gasteiger partial charge in [0.05, 0.1) is 13.7 Å². The van der Waals surface area contributed by atoms with Crippen molar-refractivity contribution >= 4 is 23.4 Å². The molecule has 0 radical (unpaired) electrons. The lowest BCUT2D eigenvalue weighted by atomic mass is 9.98. The van der Waals surface area contributed by atoms with Gasteiger partial charge < -0.3 is 19.1 Å². The average molecular weight is 369 g/mol. The Bertz CT molecular complexity index is 611. The molecule has 0 aliphatic carbocycles. The lowest BCUT2D eigenvalue weighted by Gasteiger charge is -2.33. The maximum atomic E-state index is 12.1. The van der Waals surface area contributed by atoms with Crippen LogP contribution in [-0.4, -0.2) is 49.4 Å². The molecule has 1 saturated heterocycles. The summed E-state index contributed by atoms with van der Waals surface area (Å²) in [6, 6.07) is 1.87. The first-order chi connectivity index (χ1) is 11.7. The molecule has 0 saturated carbocycles. The molecular weight excluding hydrogens is 342 g/mol. The van der Waals surface area contributed by atoms with E-state index < -0.39 is 5.60 Å². The van der Waals surface area contributed by atoms with Crippen molar-refractivity contribution in [1.29, 1.82) is 0 Å². The molecule has 0 spiro atoms. The first kappa shape index (κ1) is 19.6. The van der Waals surface area contributed by atoms with Gasteiger partial charge in [-0.1, -0.05) is 0 Å². The van der Waals surface area contributed by atoms with E-state index in [4.69, 9.17) is 14.2 Å². The number of carbonyl (C=O) groups excluding carboxylic acids is 2. The van der Waals surface area contributed by atoms with Crippen molar-refractivity contribution in [1.82, 2.24) is 4.90 Å². The lowest BCUT2D eigenvalue weighted by Crippen LogP contribution is -2.42. The zero-order valence-electron chi connectivity index (χ0n) is 15.6. The highest BCUT2D eigenvalue weighted by molar-refractivity contribution is 7.14. The Morgan fingerprint density at radius 1 is 1.28 bits per heavy atom. The van der Waals surface area contributed by atoms with Gasteiger partial charge in [0, 0.05) is 18.0 Å². The summed E-state index contributed by atoms with van der Waals surface area (Å²) in [5.41, 5.74) is -0.474. The number of hydrogen-bond donors (Lipinski definition) is 0. The van der Waals surface area contributed by atoms with E-state index in [1.807, 2.05) is 33.8 Å². The van der Waals surface area contributed by atoms with Gasteiger partial charge in [-0.05, 0) is 52.5 Å². The van der Waals surface area contributed by atoms with Gasteiger partial charge in [0.15, 0.2) is 4.88 Å². The van der Waals surface area contributed by atoms with Crippen LogP contribution in [0.3, 0.4) is 0 Å².